The van der Waals surface area contributed by atoms with Crippen LogP contribution in [0.5, 0.6) is 0 Å². The van der Waals surface area contributed by atoms with E-state index in [0.717, 1.165) is 10.5 Å². The zero-order valence-electron chi connectivity index (χ0n) is 8.65. The fourth-order valence-corrected chi connectivity index (χ4v) is 2.39. The van der Waals surface area contributed by atoms with E-state index in [-0.39, 0.29) is 0 Å². The predicted molar refractivity (Wildman–Crippen MR) is 73.8 cm³/mol. The molecular formula is C10H7BrCl2N2OS. The lowest BCUT2D eigenvalue weighted by atomic mass is 10.1. The first-order chi connectivity index (χ1) is 8.02. The summed E-state index contributed by atoms with van der Waals surface area (Å²) in [5.41, 5.74) is 1.53. The second-order valence-corrected chi connectivity index (χ2v) is 7.43. The van der Waals surface area contributed by atoms with E-state index in [2.05, 4.69) is 26.1 Å². The molecule has 1 aromatic heterocycles. The van der Waals surface area contributed by atoms with Crippen LogP contribution in [0.15, 0.2) is 33.9 Å². The Morgan fingerprint density at radius 2 is 2.18 bits per heavy atom. The number of benzene rings is 1. The Kier molecular flexibility index (Phi) is 4.02. The second kappa shape index (κ2) is 5.18. The molecule has 1 heterocycles. The summed E-state index contributed by atoms with van der Waals surface area (Å²) in [5.74, 6) is 0.446. The molecule has 7 heteroatoms. The van der Waals surface area contributed by atoms with Gasteiger partial charge < -0.3 is 4.42 Å². The second-order valence-electron chi connectivity index (χ2n) is 3.16. The van der Waals surface area contributed by atoms with E-state index in [1.807, 2.05) is 24.5 Å². The predicted octanol–water partition coefficient (Wildman–Crippen LogP) is 4.44. The number of hydrogen-bond acceptors (Lipinski definition) is 4. The molecule has 0 aliphatic carbocycles. The van der Waals surface area contributed by atoms with Crippen LogP contribution in [-0.2, 0) is 3.24 Å². The molecule has 2 rings (SSSR count). The standard InChI is InChI=1S/C10H7BrCl2N2OS/c1-17-8-3-2-6(10(11,12)13)4-7(8)9-15-14-5-16-9/h2-5H,1H3. The Morgan fingerprint density at radius 1 is 1.41 bits per heavy atom. The van der Waals surface area contributed by atoms with Crippen molar-refractivity contribution in [3.63, 3.8) is 0 Å². The quantitative estimate of drug-likeness (QED) is 0.604. The molecule has 0 aliphatic rings. The van der Waals surface area contributed by atoms with Crippen LogP contribution in [0.4, 0.5) is 0 Å². The maximum Gasteiger partial charge on any atom is 0.248 e. The maximum absolute atomic E-state index is 6.00. The number of nitrogens with zero attached hydrogens (tertiary/aromatic N) is 2. The van der Waals surface area contributed by atoms with Gasteiger partial charge in [0.1, 0.15) is 0 Å². The van der Waals surface area contributed by atoms with Crippen LogP contribution in [0, 0.1) is 0 Å². The Balaban J connectivity index is 2.55. The number of hydrogen-bond donors (Lipinski definition) is 0. The average Bonchev–Trinajstić information content (AvgIpc) is 2.80. The molecule has 0 fully saturated rings. The highest BCUT2D eigenvalue weighted by Gasteiger charge is 2.24. The normalized spacial score (nSPS) is 11.8. The van der Waals surface area contributed by atoms with Gasteiger partial charge in [-0.1, -0.05) is 29.3 Å². The van der Waals surface area contributed by atoms with E-state index in [9.17, 15) is 0 Å². The summed E-state index contributed by atoms with van der Waals surface area (Å²) in [7, 11) is 0. The van der Waals surface area contributed by atoms with Crippen LogP contribution >= 0.6 is 50.9 Å². The molecule has 90 valence electrons. The highest BCUT2D eigenvalue weighted by Crippen LogP contribution is 2.42. The van der Waals surface area contributed by atoms with E-state index in [4.69, 9.17) is 27.6 Å². The van der Waals surface area contributed by atoms with Gasteiger partial charge in [0.25, 0.3) is 0 Å². The zero-order valence-corrected chi connectivity index (χ0v) is 12.6. The first-order valence-corrected chi connectivity index (χ1v) is 7.31. The Labute approximate surface area is 121 Å². The van der Waals surface area contributed by atoms with Crippen molar-refractivity contribution in [1.82, 2.24) is 10.2 Å². The molecule has 0 saturated heterocycles. The Morgan fingerprint density at radius 3 is 2.71 bits per heavy atom. The van der Waals surface area contributed by atoms with Crippen LogP contribution in [0.2, 0.25) is 0 Å². The van der Waals surface area contributed by atoms with Gasteiger partial charge in [-0.3, -0.25) is 0 Å². The van der Waals surface area contributed by atoms with Crippen LogP contribution < -0.4 is 0 Å². The molecule has 0 atom stereocenters. The first kappa shape index (κ1) is 13.2. The fourth-order valence-electron chi connectivity index (χ4n) is 1.34. The smallest absolute Gasteiger partial charge is 0.248 e. The van der Waals surface area contributed by atoms with Crippen molar-refractivity contribution in [1.29, 1.82) is 0 Å². The minimum atomic E-state index is -1.13. The maximum atomic E-state index is 6.00. The molecular weight excluding hydrogens is 347 g/mol. The molecule has 0 spiro atoms. The van der Waals surface area contributed by atoms with Crippen LogP contribution in [-0.4, -0.2) is 16.5 Å². The molecule has 1 aromatic carbocycles. The molecule has 0 N–H and O–H groups in total. The zero-order chi connectivity index (χ0) is 12.5. The molecule has 17 heavy (non-hydrogen) atoms. The fraction of sp³-hybridized carbons (Fsp3) is 0.200. The molecule has 0 aliphatic heterocycles. The number of thioether (sulfide) groups is 1. The minimum absolute atomic E-state index is 0.446. The van der Waals surface area contributed by atoms with Crippen molar-refractivity contribution in [3.8, 4) is 11.5 Å². The Hall–Kier alpha value is -0.230. The van der Waals surface area contributed by atoms with E-state index in [1.165, 1.54) is 6.39 Å². The highest BCUT2D eigenvalue weighted by molar-refractivity contribution is 9.10. The van der Waals surface area contributed by atoms with E-state index < -0.39 is 3.24 Å². The van der Waals surface area contributed by atoms with Gasteiger partial charge in [-0.2, -0.15) is 0 Å². The van der Waals surface area contributed by atoms with Crippen molar-refractivity contribution in [2.45, 2.75) is 8.14 Å². The molecule has 0 amide bonds. The van der Waals surface area contributed by atoms with Crippen molar-refractivity contribution < 1.29 is 4.42 Å². The summed E-state index contributed by atoms with van der Waals surface area (Å²) in [5, 5.41) is 7.55. The molecule has 0 unspecified atom stereocenters. The van der Waals surface area contributed by atoms with Crippen LogP contribution in [0.3, 0.4) is 0 Å². The van der Waals surface area contributed by atoms with Gasteiger partial charge in [0.05, 0.1) is 5.56 Å². The Bertz CT molecular complexity index is 514. The van der Waals surface area contributed by atoms with Gasteiger partial charge in [0.15, 0.2) is 3.24 Å². The molecule has 0 saturated carbocycles. The lowest BCUT2D eigenvalue weighted by molar-refractivity contribution is 0.567. The van der Waals surface area contributed by atoms with Gasteiger partial charge >= 0.3 is 0 Å². The van der Waals surface area contributed by atoms with Crippen molar-refractivity contribution in [3.05, 3.63) is 30.2 Å². The van der Waals surface area contributed by atoms with Gasteiger partial charge in [0.2, 0.25) is 12.3 Å². The third kappa shape index (κ3) is 2.96. The monoisotopic (exact) mass is 352 g/mol. The van der Waals surface area contributed by atoms with Crippen LogP contribution in [0.25, 0.3) is 11.5 Å². The van der Waals surface area contributed by atoms with Crippen molar-refractivity contribution >= 4 is 50.9 Å². The summed E-state index contributed by atoms with van der Waals surface area (Å²) in [4.78, 5) is 1.02. The van der Waals surface area contributed by atoms with Gasteiger partial charge in [-0.15, -0.1) is 22.0 Å². The van der Waals surface area contributed by atoms with Gasteiger partial charge in [-0.05, 0) is 39.9 Å². The SMILES string of the molecule is CSc1ccc(C(Cl)(Cl)Br)cc1-c1nnco1. The third-order valence-corrected chi connectivity index (χ3v) is 3.81. The third-order valence-electron chi connectivity index (χ3n) is 2.12. The topological polar surface area (TPSA) is 38.9 Å². The largest absolute Gasteiger partial charge is 0.423 e. The summed E-state index contributed by atoms with van der Waals surface area (Å²) in [6.07, 6.45) is 3.26. The van der Waals surface area contributed by atoms with Crippen LogP contribution in [0.1, 0.15) is 5.56 Å². The van der Waals surface area contributed by atoms with Gasteiger partial charge in [0, 0.05) is 4.90 Å². The van der Waals surface area contributed by atoms with E-state index >= 15 is 0 Å². The number of alkyl halides is 3. The number of halogens is 3. The highest BCUT2D eigenvalue weighted by atomic mass is 79.9. The van der Waals surface area contributed by atoms with E-state index in [0.29, 0.717) is 11.5 Å². The molecule has 3 nitrogen and oxygen atoms in total. The molecule has 0 bridgehead atoms. The molecule has 2 aromatic rings. The van der Waals surface area contributed by atoms with Crippen molar-refractivity contribution in [2.24, 2.45) is 0 Å². The lowest BCUT2D eigenvalue weighted by Gasteiger charge is -2.13. The average molecular weight is 354 g/mol. The summed E-state index contributed by atoms with van der Waals surface area (Å²) in [6.45, 7) is 0. The van der Waals surface area contributed by atoms with E-state index in [1.54, 1.807) is 11.8 Å². The summed E-state index contributed by atoms with van der Waals surface area (Å²) in [6, 6.07) is 5.59. The lowest BCUT2D eigenvalue weighted by Crippen LogP contribution is -1.99. The first-order valence-electron chi connectivity index (χ1n) is 4.54. The summed E-state index contributed by atoms with van der Waals surface area (Å²) >= 11 is 16.8. The van der Waals surface area contributed by atoms with Gasteiger partial charge in [-0.25, -0.2) is 0 Å². The number of aromatic nitrogens is 2. The molecule has 0 radical (unpaired) electrons. The van der Waals surface area contributed by atoms with Crippen molar-refractivity contribution in [2.75, 3.05) is 6.26 Å². The number of rotatable bonds is 3. The summed E-state index contributed by atoms with van der Waals surface area (Å²) < 4.78 is 4.07. The minimum Gasteiger partial charge on any atom is -0.423 e.